The number of nitro benzene ring substituents is 1. The number of aliphatic hydroxyl groups excluding tert-OH is 1. The summed E-state index contributed by atoms with van der Waals surface area (Å²) in [6.45, 7) is 6.49. The van der Waals surface area contributed by atoms with Gasteiger partial charge in [0, 0.05) is 35.9 Å². The van der Waals surface area contributed by atoms with Crippen LogP contribution in [0.2, 0.25) is 18.6 Å². The lowest BCUT2D eigenvalue weighted by molar-refractivity contribution is -0.385. The van der Waals surface area contributed by atoms with E-state index in [0.29, 0.717) is 34.8 Å². The molecule has 0 bridgehead atoms. The number of aliphatic hydroxyl groups is 1. The van der Waals surface area contributed by atoms with Gasteiger partial charge in [0.25, 0.3) is 17.5 Å². The van der Waals surface area contributed by atoms with Gasteiger partial charge in [0.15, 0.2) is 12.2 Å². The zero-order valence-corrected chi connectivity index (χ0v) is 29.4. The normalized spacial score (nSPS) is 22.8. The first-order chi connectivity index (χ1) is 24.0. The molecule has 4 aromatic rings. The minimum Gasteiger partial charge on any atom is -0.497 e. The molecule has 1 spiro atoms. The summed E-state index contributed by atoms with van der Waals surface area (Å²) in [7, 11) is -0.789. The molecule has 0 aromatic heterocycles. The SMILES string of the molecule is COc1ccc([Si](C)(C)[C@H]2[C@H](CCO)O[C@@]3(C(=O)N(Cc4ccc(N5C(=O)COc6ccccc65)cc4)c4ccc([N+](=O)[O-])cc43)[C@@H]2C)cc1. The van der Waals surface area contributed by atoms with E-state index in [9.17, 15) is 24.8 Å². The van der Waals surface area contributed by atoms with E-state index in [1.807, 2.05) is 67.6 Å². The zero-order chi connectivity index (χ0) is 35.4. The van der Waals surface area contributed by atoms with E-state index in [2.05, 4.69) is 25.2 Å². The fraction of sp³-hybridized carbons (Fsp3) is 0.316. The van der Waals surface area contributed by atoms with Gasteiger partial charge in [-0.3, -0.25) is 24.6 Å². The molecule has 0 unspecified atom stereocenters. The number of methoxy groups -OCH3 is 1. The van der Waals surface area contributed by atoms with Gasteiger partial charge in [0.1, 0.15) is 11.5 Å². The molecule has 1 N–H and O–H groups in total. The van der Waals surface area contributed by atoms with Gasteiger partial charge >= 0.3 is 0 Å². The van der Waals surface area contributed by atoms with Crippen molar-refractivity contribution in [2.45, 2.75) is 50.2 Å². The number of anilines is 3. The van der Waals surface area contributed by atoms with Gasteiger partial charge in [-0.1, -0.05) is 61.6 Å². The van der Waals surface area contributed by atoms with Crippen LogP contribution in [0.5, 0.6) is 11.5 Å². The lowest BCUT2D eigenvalue weighted by Gasteiger charge is -2.37. The summed E-state index contributed by atoms with van der Waals surface area (Å²) >= 11 is 0. The molecule has 3 heterocycles. The Balaban J connectivity index is 1.26. The van der Waals surface area contributed by atoms with Crippen LogP contribution in [0.1, 0.15) is 24.5 Å². The molecule has 0 aliphatic carbocycles. The Kier molecular flexibility index (Phi) is 8.49. The smallest absolute Gasteiger partial charge is 0.269 e. The fourth-order valence-electron chi connectivity index (χ4n) is 8.29. The van der Waals surface area contributed by atoms with Gasteiger partial charge in [0.05, 0.1) is 44.1 Å². The summed E-state index contributed by atoms with van der Waals surface area (Å²) in [4.78, 5) is 42.7. The molecule has 7 rings (SSSR count). The third kappa shape index (κ3) is 5.26. The second-order valence-electron chi connectivity index (χ2n) is 13.7. The topological polar surface area (TPSA) is 132 Å². The first-order valence-corrected chi connectivity index (χ1v) is 19.8. The van der Waals surface area contributed by atoms with Crippen LogP contribution in [0.4, 0.5) is 22.7 Å². The molecule has 3 aliphatic rings. The predicted molar refractivity (Wildman–Crippen MR) is 191 cm³/mol. The Morgan fingerprint density at radius 2 is 1.72 bits per heavy atom. The van der Waals surface area contributed by atoms with Crippen LogP contribution in [0, 0.1) is 16.0 Å². The van der Waals surface area contributed by atoms with Crippen molar-refractivity contribution in [2.75, 3.05) is 30.1 Å². The summed E-state index contributed by atoms with van der Waals surface area (Å²) < 4.78 is 17.9. The lowest BCUT2D eigenvalue weighted by atomic mass is 9.82. The minimum absolute atomic E-state index is 0.0688. The van der Waals surface area contributed by atoms with Crippen molar-refractivity contribution in [1.82, 2.24) is 0 Å². The number of nitro groups is 1. The number of non-ortho nitro benzene ring substituents is 1. The number of fused-ring (bicyclic) bond motifs is 3. The molecule has 50 heavy (non-hydrogen) atoms. The van der Waals surface area contributed by atoms with Gasteiger partial charge in [-0.15, -0.1) is 0 Å². The van der Waals surface area contributed by atoms with Gasteiger partial charge < -0.3 is 24.2 Å². The quantitative estimate of drug-likeness (QED) is 0.132. The van der Waals surface area contributed by atoms with E-state index in [4.69, 9.17) is 14.2 Å². The van der Waals surface area contributed by atoms with E-state index in [0.717, 1.165) is 16.5 Å². The summed E-state index contributed by atoms with van der Waals surface area (Å²) in [5.41, 5.74) is 1.45. The molecule has 12 heteroatoms. The van der Waals surface area contributed by atoms with Crippen LogP contribution in [0.25, 0.3) is 0 Å². The van der Waals surface area contributed by atoms with Crippen molar-refractivity contribution in [3.8, 4) is 11.5 Å². The first kappa shape index (κ1) is 33.5. The number of amides is 2. The highest BCUT2D eigenvalue weighted by Gasteiger charge is 2.66. The predicted octanol–water partition coefficient (Wildman–Crippen LogP) is 5.81. The average Bonchev–Trinajstić information content (AvgIpc) is 3.54. The Labute approximate surface area is 291 Å². The number of ether oxygens (including phenoxy) is 3. The largest absolute Gasteiger partial charge is 0.497 e. The summed E-state index contributed by atoms with van der Waals surface area (Å²) in [6, 6.07) is 27.3. The number of carbonyl (C=O) groups excluding carboxylic acids is 2. The van der Waals surface area contributed by atoms with Crippen LogP contribution >= 0.6 is 0 Å². The van der Waals surface area contributed by atoms with Gasteiger partial charge in [-0.05, 0) is 60.0 Å². The van der Waals surface area contributed by atoms with Gasteiger partial charge in [0.2, 0.25) is 0 Å². The Morgan fingerprint density at radius 3 is 2.40 bits per heavy atom. The Hall–Kier alpha value is -5.04. The Morgan fingerprint density at radius 1 is 1.00 bits per heavy atom. The maximum absolute atomic E-state index is 14.9. The maximum Gasteiger partial charge on any atom is 0.269 e. The van der Waals surface area contributed by atoms with Crippen molar-refractivity contribution in [3.05, 3.63) is 112 Å². The summed E-state index contributed by atoms with van der Waals surface area (Å²) in [6.07, 6.45) is -0.130. The van der Waals surface area contributed by atoms with Crippen molar-refractivity contribution < 1.29 is 33.8 Å². The monoisotopic (exact) mass is 693 g/mol. The summed E-state index contributed by atoms with van der Waals surface area (Å²) in [5, 5.41) is 23.4. The lowest BCUT2D eigenvalue weighted by Crippen LogP contribution is -2.51. The molecule has 4 aromatic carbocycles. The maximum atomic E-state index is 14.9. The number of rotatable bonds is 9. The molecule has 258 valence electrons. The Bertz CT molecular complexity index is 1970. The minimum atomic E-state index is -2.41. The standard InChI is InChI=1S/C38H39N3O8Si/c1-24-36(50(3,4)29-16-14-28(47-2)15-17-29)34(19-20-42)49-38(24)30-21-27(41(45)46)13-18-31(30)39(37(38)44)22-25-9-11-26(12-10-25)40-32-7-5-6-8-33(32)48-23-35(40)43/h5-18,21,24,34,36,42H,19-20,22-23H2,1-4H3/t24-,34+,36-,38+/m1/s1. The van der Waals surface area contributed by atoms with Crippen molar-refractivity contribution in [3.63, 3.8) is 0 Å². The molecule has 3 aliphatic heterocycles. The highest BCUT2D eigenvalue weighted by atomic mass is 28.3. The summed E-state index contributed by atoms with van der Waals surface area (Å²) in [5.74, 6) is 0.526. The number of hydrogen-bond acceptors (Lipinski definition) is 8. The molecular formula is C38H39N3O8Si. The third-order valence-corrected chi connectivity index (χ3v) is 15.0. The van der Waals surface area contributed by atoms with E-state index in [-0.39, 0.29) is 48.7 Å². The highest BCUT2D eigenvalue weighted by molar-refractivity contribution is 6.91. The van der Waals surface area contributed by atoms with Crippen LogP contribution in [0.15, 0.2) is 91.0 Å². The van der Waals surface area contributed by atoms with Crippen LogP contribution in [-0.2, 0) is 26.5 Å². The van der Waals surface area contributed by atoms with Crippen LogP contribution in [0.3, 0.4) is 0 Å². The molecule has 1 saturated heterocycles. The zero-order valence-electron chi connectivity index (χ0n) is 28.4. The van der Waals surface area contributed by atoms with Crippen molar-refractivity contribution >= 4 is 47.8 Å². The number of nitrogens with zero attached hydrogens (tertiary/aromatic N) is 3. The van der Waals surface area contributed by atoms with Crippen molar-refractivity contribution in [2.24, 2.45) is 5.92 Å². The highest BCUT2D eigenvalue weighted by Crippen LogP contribution is 2.60. The van der Waals surface area contributed by atoms with Crippen molar-refractivity contribution in [1.29, 1.82) is 0 Å². The van der Waals surface area contributed by atoms with E-state index < -0.39 is 24.7 Å². The third-order valence-electron chi connectivity index (χ3n) is 10.7. The number of benzene rings is 4. The molecule has 2 amide bonds. The first-order valence-electron chi connectivity index (χ1n) is 16.7. The molecular weight excluding hydrogens is 655 g/mol. The molecule has 1 fully saturated rings. The second-order valence-corrected chi connectivity index (χ2v) is 18.4. The fourth-order valence-corrected chi connectivity index (χ4v) is 12.3. The van der Waals surface area contributed by atoms with Gasteiger partial charge in [-0.2, -0.15) is 0 Å². The number of hydrogen-bond donors (Lipinski definition) is 1. The molecule has 4 atom stereocenters. The van der Waals surface area contributed by atoms with E-state index >= 15 is 0 Å². The van der Waals surface area contributed by atoms with Gasteiger partial charge in [-0.25, -0.2) is 0 Å². The number of para-hydroxylation sites is 2. The van der Waals surface area contributed by atoms with E-state index in [1.54, 1.807) is 23.0 Å². The second kappa shape index (κ2) is 12.7. The number of carbonyl (C=O) groups is 2. The molecule has 0 radical (unpaired) electrons. The molecule has 0 saturated carbocycles. The van der Waals surface area contributed by atoms with Crippen LogP contribution < -0.4 is 24.5 Å². The average molecular weight is 694 g/mol. The van der Waals surface area contributed by atoms with Crippen LogP contribution in [-0.4, -0.2) is 56.3 Å². The molecule has 11 nitrogen and oxygen atoms in total. The van der Waals surface area contributed by atoms with E-state index in [1.165, 1.54) is 12.1 Å².